The fourth-order valence-electron chi connectivity index (χ4n) is 3.09. The number of nitrogens with one attached hydrogen (secondary N) is 1. The van der Waals surface area contributed by atoms with Gasteiger partial charge in [0.15, 0.2) is 9.84 Å². The van der Waals surface area contributed by atoms with Crippen LogP contribution in [-0.2, 0) is 9.84 Å². The van der Waals surface area contributed by atoms with Crippen LogP contribution in [0.1, 0.15) is 36.0 Å². The fraction of sp³-hybridized carbons (Fsp3) is 0.316. The van der Waals surface area contributed by atoms with Gasteiger partial charge in [-0.25, -0.2) is 8.42 Å². The van der Waals surface area contributed by atoms with Gasteiger partial charge in [-0.15, -0.1) is 0 Å². The first kappa shape index (κ1) is 17.5. The van der Waals surface area contributed by atoms with E-state index < -0.39 is 9.84 Å². The van der Waals surface area contributed by atoms with Crippen LogP contribution in [-0.4, -0.2) is 26.7 Å². The van der Waals surface area contributed by atoms with E-state index in [4.69, 9.17) is 4.74 Å². The molecule has 1 fully saturated rings. The van der Waals surface area contributed by atoms with Crippen LogP contribution in [0.15, 0.2) is 53.4 Å². The van der Waals surface area contributed by atoms with Crippen molar-refractivity contribution in [3.63, 3.8) is 0 Å². The van der Waals surface area contributed by atoms with E-state index >= 15 is 0 Å². The van der Waals surface area contributed by atoms with Gasteiger partial charge >= 0.3 is 0 Å². The topological polar surface area (TPSA) is 72.5 Å². The second-order valence-electron chi connectivity index (χ2n) is 6.16. The summed E-state index contributed by atoms with van der Waals surface area (Å²) in [5.74, 6) is 0.374. The molecule has 6 heteroatoms. The first-order valence-corrected chi connectivity index (χ1v) is 9.85. The van der Waals surface area contributed by atoms with Gasteiger partial charge in [-0.2, -0.15) is 0 Å². The van der Waals surface area contributed by atoms with E-state index in [2.05, 4.69) is 5.32 Å². The number of carbonyl (C=O) groups is 1. The average Bonchev–Trinajstić information content (AvgIpc) is 3.17. The van der Waals surface area contributed by atoms with Gasteiger partial charge < -0.3 is 10.1 Å². The predicted octanol–water partition coefficient (Wildman–Crippen LogP) is 3.66. The van der Waals surface area contributed by atoms with Crippen molar-refractivity contribution in [2.45, 2.75) is 35.8 Å². The second kappa shape index (κ2) is 7.27. The summed E-state index contributed by atoms with van der Waals surface area (Å²) in [6.07, 6.45) is 3.34. The van der Waals surface area contributed by atoms with Crippen LogP contribution in [0.25, 0.3) is 0 Å². The average molecular weight is 359 g/mol. The van der Waals surface area contributed by atoms with Crippen molar-refractivity contribution in [3.8, 4) is 5.75 Å². The summed E-state index contributed by atoms with van der Waals surface area (Å²) < 4.78 is 30.4. The zero-order valence-electron chi connectivity index (χ0n) is 14.1. The highest BCUT2D eigenvalue weighted by Crippen LogP contribution is 2.30. The highest BCUT2D eigenvalue weighted by Gasteiger charge is 2.30. The molecule has 2 aromatic carbocycles. The Morgan fingerprint density at radius 1 is 1.08 bits per heavy atom. The zero-order chi connectivity index (χ0) is 17.9. The Bertz CT molecular complexity index is 853. The van der Waals surface area contributed by atoms with E-state index in [9.17, 15) is 13.2 Å². The van der Waals surface area contributed by atoms with Gasteiger partial charge in [-0.1, -0.05) is 18.9 Å². The number of carbonyl (C=O) groups excluding carboxylic acids is 1. The molecule has 1 N–H and O–H groups in total. The van der Waals surface area contributed by atoms with E-state index in [0.29, 0.717) is 29.8 Å². The summed E-state index contributed by atoms with van der Waals surface area (Å²) in [6, 6.07) is 13.2. The minimum atomic E-state index is -3.34. The number of hydrogen-bond donors (Lipinski definition) is 1. The Kier molecular flexibility index (Phi) is 5.08. The van der Waals surface area contributed by atoms with Crippen molar-refractivity contribution in [2.75, 3.05) is 12.4 Å². The van der Waals surface area contributed by atoms with Gasteiger partial charge in [0, 0.05) is 11.3 Å². The van der Waals surface area contributed by atoms with Crippen LogP contribution in [0, 0.1) is 0 Å². The van der Waals surface area contributed by atoms with Gasteiger partial charge in [0.1, 0.15) is 5.75 Å². The Labute approximate surface area is 147 Å². The lowest BCUT2D eigenvalue weighted by atomic mass is 10.2. The third-order valence-electron chi connectivity index (χ3n) is 4.51. The number of ether oxygens (including phenoxy) is 1. The van der Waals surface area contributed by atoms with E-state index in [-0.39, 0.29) is 16.1 Å². The highest BCUT2D eigenvalue weighted by molar-refractivity contribution is 7.92. The van der Waals surface area contributed by atoms with E-state index in [0.717, 1.165) is 12.8 Å². The van der Waals surface area contributed by atoms with Crippen molar-refractivity contribution < 1.29 is 17.9 Å². The van der Waals surface area contributed by atoms with Crippen molar-refractivity contribution in [1.82, 2.24) is 0 Å². The molecule has 0 aromatic heterocycles. The molecule has 0 aliphatic heterocycles. The maximum absolute atomic E-state index is 12.7. The molecule has 1 amide bonds. The van der Waals surface area contributed by atoms with E-state index in [1.807, 2.05) is 0 Å². The Morgan fingerprint density at radius 3 is 2.40 bits per heavy atom. The third-order valence-corrected chi connectivity index (χ3v) is 6.77. The molecule has 0 bridgehead atoms. The van der Waals surface area contributed by atoms with Crippen molar-refractivity contribution in [2.24, 2.45) is 0 Å². The summed E-state index contributed by atoms with van der Waals surface area (Å²) in [6.45, 7) is 0. The summed E-state index contributed by atoms with van der Waals surface area (Å²) in [5, 5.41) is 2.45. The molecule has 1 aliphatic carbocycles. The summed E-state index contributed by atoms with van der Waals surface area (Å²) in [4.78, 5) is 12.6. The maximum Gasteiger partial charge on any atom is 0.255 e. The fourth-order valence-corrected chi connectivity index (χ4v) is 4.99. The zero-order valence-corrected chi connectivity index (χ0v) is 14.9. The Morgan fingerprint density at radius 2 is 1.76 bits per heavy atom. The molecule has 25 heavy (non-hydrogen) atoms. The maximum atomic E-state index is 12.7. The van der Waals surface area contributed by atoms with Crippen LogP contribution >= 0.6 is 0 Å². The van der Waals surface area contributed by atoms with Gasteiger partial charge in [0.05, 0.1) is 17.3 Å². The molecule has 0 spiro atoms. The lowest BCUT2D eigenvalue weighted by molar-refractivity contribution is 0.102. The van der Waals surface area contributed by atoms with Gasteiger partial charge in [0.25, 0.3) is 5.91 Å². The lowest BCUT2D eigenvalue weighted by Crippen LogP contribution is -2.18. The number of anilines is 1. The third kappa shape index (κ3) is 3.85. The number of amides is 1. The van der Waals surface area contributed by atoms with Gasteiger partial charge in [-0.05, 0) is 55.3 Å². The number of hydrogen-bond acceptors (Lipinski definition) is 4. The minimum absolute atomic E-state index is 0.270. The Balaban J connectivity index is 1.78. The normalized spacial score (nSPS) is 15.1. The number of rotatable bonds is 5. The van der Waals surface area contributed by atoms with E-state index in [1.165, 1.54) is 6.07 Å². The molecule has 1 saturated carbocycles. The first-order chi connectivity index (χ1) is 12.0. The standard InChI is InChI=1S/C19H21NO4S/c1-24-16-11-9-14(10-12-16)19(21)20-15-5-4-8-18(13-15)25(22,23)17-6-2-3-7-17/h4-5,8-13,17H,2-3,6-7H2,1H3,(H,20,21). The van der Waals surface area contributed by atoms with Crippen LogP contribution in [0.5, 0.6) is 5.75 Å². The molecule has 0 radical (unpaired) electrons. The van der Waals surface area contributed by atoms with Crippen LogP contribution in [0.3, 0.4) is 0 Å². The first-order valence-electron chi connectivity index (χ1n) is 8.30. The SMILES string of the molecule is COc1ccc(C(=O)Nc2cccc(S(=O)(=O)C3CCCC3)c2)cc1. The minimum Gasteiger partial charge on any atom is -0.497 e. The number of benzene rings is 2. The summed E-state index contributed by atoms with van der Waals surface area (Å²) in [5.41, 5.74) is 0.949. The number of methoxy groups -OCH3 is 1. The van der Waals surface area contributed by atoms with Crippen LogP contribution < -0.4 is 10.1 Å². The van der Waals surface area contributed by atoms with Crippen molar-refractivity contribution in [3.05, 3.63) is 54.1 Å². The Hall–Kier alpha value is -2.34. The molecule has 0 heterocycles. The summed E-state index contributed by atoms with van der Waals surface area (Å²) >= 11 is 0. The molecule has 132 valence electrons. The molecular weight excluding hydrogens is 338 g/mol. The van der Waals surface area contributed by atoms with Gasteiger partial charge in [0.2, 0.25) is 0 Å². The monoisotopic (exact) mass is 359 g/mol. The van der Waals surface area contributed by atoms with Crippen LogP contribution in [0.2, 0.25) is 0 Å². The van der Waals surface area contributed by atoms with Crippen molar-refractivity contribution in [1.29, 1.82) is 0 Å². The van der Waals surface area contributed by atoms with Gasteiger partial charge in [-0.3, -0.25) is 4.79 Å². The molecule has 1 aliphatic rings. The van der Waals surface area contributed by atoms with E-state index in [1.54, 1.807) is 49.6 Å². The molecular formula is C19H21NO4S. The molecule has 0 unspecified atom stereocenters. The molecule has 5 nitrogen and oxygen atoms in total. The molecule has 2 aromatic rings. The largest absolute Gasteiger partial charge is 0.497 e. The molecule has 3 rings (SSSR count). The molecule has 0 saturated heterocycles. The van der Waals surface area contributed by atoms with Crippen LogP contribution in [0.4, 0.5) is 5.69 Å². The number of sulfone groups is 1. The second-order valence-corrected chi connectivity index (χ2v) is 8.39. The predicted molar refractivity (Wildman–Crippen MR) is 96.8 cm³/mol. The smallest absolute Gasteiger partial charge is 0.255 e. The quantitative estimate of drug-likeness (QED) is 0.884. The lowest BCUT2D eigenvalue weighted by Gasteiger charge is -2.13. The van der Waals surface area contributed by atoms with Crippen molar-refractivity contribution >= 4 is 21.4 Å². The molecule has 0 atom stereocenters. The summed E-state index contributed by atoms with van der Waals surface area (Å²) in [7, 11) is -1.78. The highest BCUT2D eigenvalue weighted by atomic mass is 32.2.